The molecule has 0 N–H and O–H groups in total. The number of rotatable bonds is 3. The van der Waals surface area contributed by atoms with E-state index in [2.05, 4.69) is 0 Å². The summed E-state index contributed by atoms with van der Waals surface area (Å²) >= 11 is 0. The van der Waals surface area contributed by atoms with Crippen molar-refractivity contribution in [3.63, 3.8) is 0 Å². The molecular weight excluding hydrogens is 462 g/mol. The molecule has 8 nitrogen and oxygen atoms in total. The second-order valence-corrected chi connectivity index (χ2v) is 10.6. The van der Waals surface area contributed by atoms with Gasteiger partial charge in [0.1, 0.15) is 0 Å². The standard InChI is InChI=1S/C28H29NO7/c1-13-18-20-16(21-19(13)24(31)29(25(21)32)15-9-7-6-8-10-15)11-14(26(33)35-4)12-17(27(34)36-5)22(20)28(2,3)23(18)30/h6-10,12-13,16-17,19,21-22H,11H2,1-5H3/t13-,16+,17+,19-,21+,22+/m0/s1. The SMILES string of the molecule is COC(=O)C1=C[C@@H](C(=O)OC)[C@@H]2C3=C(C(=O)C2(C)C)[C@H](C)[C@@H]2C(=O)N(c4ccccc4)C(=O)[C@@H]2[C@@H]3C1. The van der Waals surface area contributed by atoms with Crippen molar-refractivity contribution in [3.8, 4) is 0 Å². The molecule has 1 saturated heterocycles. The summed E-state index contributed by atoms with van der Waals surface area (Å²) in [6.45, 7) is 5.38. The Morgan fingerprint density at radius 2 is 1.61 bits per heavy atom. The van der Waals surface area contributed by atoms with Gasteiger partial charge in [-0.3, -0.25) is 24.1 Å². The van der Waals surface area contributed by atoms with Crippen LogP contribution >= 0.6 is 0 Å². The van der Waals surface area contributed by atoms with Gasteiger partial charge in [0.2, 0.25) is 11.8 Å². The molecule has 188 valence electrons. The summed E-state index contributed by atoms with van der Waals surface area (Å²) in [6.07, 6.45) is 1.63. The van der Waals surface area contributed by atoms with Crippen molar-refractivity contribution in [2.75, 3.05) is 19.1 Å². The highest BCUT2D eigenvalue weighted by atomic mass is 16.5. The molecule has 0 saturated carbocycles. The molecule has 6 atom stereocenters. The van der Waals surface area contributed by atoms with E-state index in [9.17, 15) is 24.0 Å². The van der Waals surface area contributed by atoms with Crippen LogP contribution in [0.25, 0.3) is 0 Å². The molecule has 1 aliphatic heterocycles. The lowest BCUT2D eigenvalue weighted by Crippen LogP contribution is -2.39. The zero-order chi connectivity index (χ0) is 26.1. The number of benzene rings is 1. The fraction of sp³-hybridized carbons (Fsp3) is 0.464. The first kappa shape index (κ1) is 24.2. The highest BCUT2D eigenvalue weighted by molar-refractivity contribution is 6.23. The van der Waals surface area contributed by atoms with Gasteiger partial charge in [-0.05, 0) is 36.0 Å². The number of ether oxygens (including phenoxy) is 2. The molecule has 1 fully saturated rings. The van der Waals surface area contributed by atoms with Gasteiger partial charge in [-0.25, -0.2) is 4.79 Å². The van der Waals surface area contributed by atoms with E-state index in [1.807, 2.05) is 6.92 Å². The number of esters is 2. The van der Waals surface area contributed by atoms with Crippen molar-refractivity contribution in [3.05, 3.63) is 53.1 Å². The van der Waals surface area contributed by atoms with Crippen LogP contribution in [0.5, 0.6) is 0 Å². The van der Waals surface area contributed by atoms with E-state index in [1.54, 1.807) is 50.3 Å². The van der Waals surface area contributed by atoms with Crippen LogP contribution in [-0.4, -0.2) is 43.8 Å². The Labute approximate surface area is 209 Å². The zero-order valence-corrected chi connectivity index (χ0v) is 20.9. The number of imide groups is 1. The summed E-state index contributed by atoms with van der Waals surface area (Å²) in [4.78, 5) is 68.5. The van der Waals surface area contributed by atoms with Gasteiger partial charge in [0, 0.05) is 16.9 Å². The lowest BCUT2D eigenvalue weighted by molar-refractivity contribution is -0.146. The van der Waals surface area contributed by atoms with Gasteiger partial charge in [-0.15, -0.1) is 0 Å². The normalized spacial score (nSPS) is 32.5. The number of amides is 2. The first-order valence-electron chi connectivity index (χ1n) is 12.1. The molecule has 1 aromatic rings. The van der Waals surface area contributed by atoms with E-state index in [-0.39, 0.29) is 29.6 Å². The van der Waals surface area contributed by atoms with Gasteiger partial charge in [-0.2, -0.15) is 0 Å². The highest BCUT2D eigenvalue weighted by Crippen LogP contribution is 2.62. The van der Waals surface area contributed by atoms with Crippen molar-refractivity contribution < 1.29 is 33.4 Å². The van der Waals surface area contributed by atoms with Gasteiger partial charge in [0.25, 0.3) is 0 Å². The van der Waals surface area contributed by atoms with E-state index >= 15 is 0 Å². The predicted octanol–water partition coefficient (Wildman–Crippen LogP) is 2.87. The van der Waals surface area contributed by atoms with E-state index in [0.29, 0.717) is 16.8 Å². The monoisotopic (exact) mass is 491 g/mol. The fourth-order valence-corrected chi connectivity index (χ4v) is 7.06. The summed E-state index contributed by atoms with van der Waals surface area (Å²) in [5, 5.41) is 0. The van der Waals surface area contributed by atoms with Crippen LogP contribution in [0, 0.1) is 40.9 Å². The third kappa shape index (κ3) is 3.09. The van der Waals surface area contributed by atoms with Crippen LogP contribution in [-0.2, 0) is 33.4 Å². The topological polar surface area (TPSA) is 107 Å². The van der Waals surface area contributed by atoms with Gasteiger partial charge in [0.05, 0.1) is 37.7 Å². The second kappa shape index (κ2) is 8.25. The highest BCUT2D eigenvalue weighted by Gasteiger charge is 2.65. The Kier molecular flexibility index (Phi) is 5.54. The maximum atomic E-state index is 13.9. The number of allylic oxidation sites excluding steroid dienone is 2. The molecule has 4 aliphatic rings. The number of ketones is 1. The zero-order valence-electron chi connectivity index (χ0n) is 20.9. The van der Waals surface area contributed by atoms with Crippen molar-refractivity contribution in [1.82, 2.24) is 0 Å². The van der Waals surface area contributed by atoms with Gasteiger partial charge in [-0.1, -0.05) is 50.6 Å². The molecule has 0 bridgehead atoms. The number of nitrogens with zero attached hydrogens (tertiary/aromatic N) is 1. The average molecular weight is 492 g/mol. The second-order valence-electron chi connectivity index (χ2n) is 10.6. The van der Waals surface area contributed by atoms with Crippen LogP contribution in [0.3, 0.4) is 0 Å². The number of hydrogen-bond donors (Lipinski definition) is 0. The lowest BCUT2D eigenvalue weighted by atomic mass is 9.62. The van der Waals surface area contributed by atoms with E-state index in [1.165, 1.54) is 19.1 Å². The largest absolute Gasteiger partial charge is 0.469 e. The van der Waals surface area contributed by atoms with Crippen LogP contribution < -0.4 is 4.90 Å². The molecule has 36 heavy (non-hydrogen) atoms. The minimum Gasteiger partial charge on any atom is -0.469 e. The fourth-order valence-electron chi connectivity index (χ4n) is 7.06. The molecular formula is C28H29NO7. The molecule has 1 heterocycles. The maximum Gasteiger partial charge on any atom is 0.333 e. The first-order chi connectivity index (χ1) is 17.1. The Morgan fingerprint density at radius 3 is 2.22 bits per heavy atom. The Balaban J connectivity index is 1.73. The number of carbonyl (C=O) groups excluding carboxylic acids is 5. The number of anilines is 1. The number of methoxy groups -OCH3 is 2. The van der Waals surface area contributed by atoms with Crippen LogP contribution in [0.15, 0.2) is 53.1 Å². The molecule has 0 radical (unpaired) electrons. The van der Waals surface area contributed by atoms with Crippen LogP contribution in [0.2, 0.25) is 0 Å². The maximum absolute atomic E-state index is 13.9. The third-order valence-electron chi connectivity index (χ3n) is 8.59. The van der Waals surface area contributed by atoms with E-state index in [4.69, 9.17) is 9.47 Å². The minimum atomic E-state index is -0.984. The first-order valence-corrected chi connectivity index (χ1v) is 12.1. The lowest BCUT2D eigenvalue weighted by Gasteiger charge is -2.38. The smallest absolute Gasteiger partial charge is 0.333 e. The van der Waals surface area contributed by atoms with Crippen molar-refractivity contribution >= 4 is 35.2 Å². The summed E-state index contributed by atoms with van der Waals surface area (Å²) < 4.78 is 10.1. The number of para-hydroxylation sites is 1. The molecule has 2 amide bonds. The van der Waals surface area contributed by atoms with Crippen LogP contribution in [0.4, 0.5) is 5.69 Å². The molecule has 8 heteroatoms. The number of fused-ring (bicyclic) bond motifs is 2. The Bertz CT molecular complexity index is 1260. The predicted molar refractivity (Wildman–Crippen MR) is 128 cm³/mol. The van der Waals surface area contributed by atoms with Gasteiger partial charge < -0.3 is 9.47 Å². The molecule has 0 aromatic heterocycles. The molecule has 1 aromatic carbocycles. The molecule has 0 unspecified atom stereocenters. The summed E-state index contributed by atoms with van der Waals surface area (Å²) in [5.41, 5.74) is 0.958. The Morgan fingerprint density at radius 1 is 0.972 bits per heavy atom. The van der Waals surface area contributed by atoms with E-state index < -0.39 is 52.9 Å². The summed E-state index contributed by atoms with van der Waals surface area (Å²) in [6, 6.07) is 8.72. The summed E-state index contributed by atoms with van der Waals surface area (Å²) in [5.74, 6) is -6.11. The quantitative estimate of drug-likeness (QED) is 0.473. The van der Waals surface area contributed by atoms with Crippen molar-refractivity contribution in [2.24, 2.45) is 40.9 Å². The Hall–Kier alpha value is -3.55. The molecule has 5 rings (SSSR count). The number of hydrogen-bond acceptors (Lipinski definition) is 7. The molecule has 3 aliphatic carbocycles. The number of Topliss-reactive ketones (excluding diaryl/α,β-unsaturated/α-hetero) is 1. The van der Waals surface area contributed by atoms with Crippen molar-refractivity contribution in [2.45, 2.75) is 27.2 Å². The number of carbonyl (C=O) groups is 5. The third-order valence-corrected chi connectivity index (χ3v) is 8.59. The van der Waals surface area contributed by atoms with Gasteiger partial charge >= 0.3 is 11.9 Å². The summed E-state index contributed by atoms with van der Waals surface area (Å²) in [7, 11) is 2.53. The van der Waals surface area contributed by atoms with E-state index in [0.717, 1.165) is 0 Å². The molecule has 0 spiro atoms. The van der Waals surface area contributed by atoms with Crippen LogP contribution in [0.1, 0.15) is 27.2 Å². The van der Waals surface area contributed by atoms with Gasteiger partial charge in [0.15, 0.2) is 5.78 Å². The average Bonchev–Trinajstić information content (AvgIpc) is 3.14. The minimum absolute atomic E-state index is 0.0917. The van der Waals surface area contributed by atoms with Crippen molar-refractivity contribution in [1.29, 1.82) is 0 Å².